The zero-order valence-corrected chi connectivity index (χ0v) is 25.5. The Balaban J connectivity index is 1.93. The number of aliphatic hydroxyl groups excluding tert-OH is 1. The maximum absolute atomic E-state index is 12.2. The molecule has 0 spiro atoms. The predicted molar refractivity (Wildman–Crippen MR) is 160 cm³/mol. The molecule has 40 heavy (non-hydrogen) atoms. The van der Waals surface area contributed by atoms with Crippen molar-refractivity contribution in [3.63, 3.8) is 0 Å². The molecule has 0 aliphatic heterocycles. The van der Waals surface area contributed by atoms with Crippen LogP contribution < -0.4 is 11.4 Å². The molecule has 0 aliphatic rings. The number of aromatic nitrogens is 2. The van der Waals surface area contributed by atoms with Gasteiger partial charge in [-0.05, 0) is 44.6 Å². The second-order valence-electron chi connectivity index (χ2n) is 10.3. The zero-order valence-electron chi connectivity index (χ0n) is 24.6. The van der Waals surface area contributed by atoms with Crippen LogP contribution in [-0.4, -0.2) is 58.4 Å². The molecule has 0 aromatic carbocycles. The lowest BCUT2D eigenvalue weighted by Crippen LogP contribution is -2.32. The number of anilines is 1. The van der Waals surface area contributed by atoms with Gasteiger partial charge in [-0.1, -0.05) is 76.9 Å². The number of hydrogen-bond acceptors (Lipinski definition) is 8. The van der Waals surface area contributed by atoms with Gasteiger partial charge < -0.3 is 29.7 Å². The topological polar surface area (TPSA) is 146 Å². The third-order valence-corrected chi connectivity index (χ3v) is 7.56. The van der Waals surface area contributed by atoms with Gasteiger partial charge >= 0.3 is 13.3 Å². The van der Waals surface area contributed by atoms with Crippen LogP contribution in [0.2, 0.25) is 0 Å². The van der Waals surface area contributed by atoms with Gasteiger partial charge in [0.05, 0.1) is 25.9 Å². The summed E-state index contributed by atoms with van der Waals surface area (Å²) in [6.45, 7) is 2.98. The monoisotopic (exact) mass is 587 g/mol. The van der Waals surface area contributed by atoms with Gasteiger partial charge in [-0.3, -0.25) is 9.13 Å². The Morgan fingerprint density at radius 2 is 1.55 bits per heavy atom. The molecule has 1 heterocycles. The van der Waals surface area contributed by atoms with Crippen molar-refractivity contribution >= 4 is 13.4 Å². The van der Waals surface area contributed by atoms with Crippen LogP contribution in [0.25, 0.3) is 0 Å². The van der Waals surface area contributed by atoms with E-state index in [4.69, 9.17) is 19.7 Å². The Labute approximate surface area is 240 Å². The Kier molecular flexibility index (Phi) is 22.0. The van der Waals surface area contributed by atoms with Crippen LogP contribution in [0.1, 0.15) is 103 Å². The SMILES string of the molecule is CCCCCCCC/C=C\CCCCCCCCOCCCOP(=O)(O)CO[C@H](CO)Cn1ccc(N)nc1=O. The highest BCUT2D eigenvalue weighted by Crippen LogP contribution is 2.42. The molecule has 4 N–H and O–H groups in total. The molecule has 232 valence electrons. The first kappa shape index (κ1) is 36.5. The number of aliphatic hydroxyl groups is 1. The van der Waals surface area contributed by atoms with Crippen molar-refractivity contribution < 1.29 is 28.6 Å². The number of allylic oxidation sites excluding steroid dienone is 2. The summed E-state index contributed by atoms with van der Waals surface area (Å²) in [7, 11) is -4.00. The van der Waals surface area contributed by atoms with Crippen molar-refractivity contribution in [3.8, 4) is 0 Å². The Morgan fingerprint density at radius 1 is 0.950 bits per heavy atom. The summed E-state index contributed by atoms with van der Waals surface area (Å²) in [4.78, 5) is 25.3. The Morgan fingerprint density at radius 3 is 2.17 bits per heavy atom. The van der Waals surface area contributed by atoms with Crippen molar-refractivity contribution in [1.82, 2.24) is 9.55 Å². The molecule has 1 rings (SSSR count). The first-order valence-electron chi connectivity index (χ1n) is 15.1. The standard InChI is InChI=1S/C29H54N3O7P/c1-2-3-4-5-6-7-8-9-10-11-12-13-14-15-16-17-21-37-22-18-23-39-40(35,36)26-38-27(25-33)24-32-20-19-28(30)31-29(32)34/h9-10,19-20,27,33H,2-8,11-18,21-26H2,1H3,(H,35,36)(H2,30,31,34)/b10-9-/t27-/m0/s1. The summed E-state index contributed by atoms with van der Waals surface area (Å²) < 4.78 is 29.4. The number of rotatable bonds is 27. The highest BCUT2D eigenvalue weighted by molar-refractivity contribution is 7.52. The van der Waals surface area contributed by atoms with Crippen molar-refractivity contribution in [2.24, 2.45) is 0 Å². The van der Waals surface area contributed by atoms with Crippen molar-refractivity contribution in [2.75, 3.05) is 38.5 Å². The van der Waals surface area contributed by atoms with Gasteiger partial charge in [0.1, 0.15) is 12.2 Å². The molecule has 0 radical (unpaired) electrons. The molecular formula is C29H54N3O7P. The fourth-order valence-electron chi connectivity index (χ4n) is 4.12. The van der Waals surface area contributed by atoms with Crippen LogP contribution in [0, 0.1) is 0 Å². The molecule has 0 aliphatic carbocycles. The average Bonchev–Trinajstić information content (AvgIpc) is 2.93. The normalized spacial score (nSPS) is 14.1. The van der Waals surface area contributed by atoms with Gasteiger partial charge in [-0.15, -0.1) is 0 Å². The van der Waals surface area contributed by atoms with Crippen molar-refractivity contribution in [3.05, 3.63) is 34.9 Å². The highest BCUT2D eigenvalue weighted by Gasteiger charge is 2.22. The van der Waals surface area contributed by atoms with E-state index >= 15 is 0 Å². The third-order valence-electron chi connectivity index (χ3n) is 6.50. The van der Waals surface area contributed by atoms with Gasteiger partial charge in [0.2, 0.25) is 0 Å². The molecule has 0 fully saturated rings. The molecule has 0 amide bonds. The first-order chi connectivity index (χ1) is 19.4. The van der Waals surface area contributed by atoms with Crippen LogP contribution in [0.4, 0.5) is 5.82 Å². The second kappa shape index (κ2) is 24.1. The molecule has 10 nitrogen and oxygen atoms in total. The first-order valence-corrected chi connectivity index (χ1v) is 16.9. The summed E-state index contributed by atoms with van der Waals surface area (Å²) in [5, 5.41) is 9.47. The quantitative estimate of drug-likeness (QED) is 0.0659. The van der Waals surface area contributed by atoms with E-state index in [-0.39, 0.29) is 19.0 Å². The fraction of sp³-hybridized carbons (Fsp3) is 0.793. The van der Waals surface area contributed by atoms with E-state index in [1.54, 1.807) is 0 Å². The minimum Gasteiger partial charge on any atom is -0.394 e. The van der Waals surface area contributed by atoms with E-state index in [9.17, 15) is 19.4 Å². The number of nitrogens with two attached hydrogens (primary N) is 1. The van der Waals surface area contributed by atoms with E-state index in [1.165, 1.54) is 93.9 Å². The smallest absolute Gasteiger partial charge is 0.353 e. The Hall–Kier alpha value is -1.55. The molecule has 0 saturated carbocycles. The van der Waals surface area contributed by atoms with Crippen molar-refractivity contribution in [1.29, 1.82) is 0 Å². The summed E-state index contributed by atoms with van der Waals surface area (Å²) >= 11 is 0. The van der Waals surface area contributed by atoms with E-state index < -0.39 is 32.3 Å². The van der Waals surface area contributed by atoms with E-state index in [1.807, 2.05) is 0 Å². The molecule has 11 heteroatoms. The number of unbranched alkanes of at least 4 members (excludes halogenated alkanes) is 12. The van der Waals surface area contributed by atoms with Gasteiger partial charge in [-0.25, -0.2) is 4.79 Å². The van der Waals surface area contributed by atoms with E-state index in [0.717, 1.165) is 12.8 Å². The molecule has 1 aromatic rings. The van der Waals surface area contributed by atoms with E-state index in [2.05, 4.69) is 24.1 Å². The average molecular weight is 588 g/mol. The van der Waals surface area contributed by atoms with Crippen LogP contribution in [0.5, 0.6) is 0 Å². The molecule has 1 aromatic heterocycles. The maximum atomic E-state index is 12.2. The summed E-state index contributed by atoms with van der Waals surface area (Å²) in [5.74, 6) is 0.0861. The lowest BCUT2D eigenvalue weighted by Gasteiger charge is -2.19. The third kappa shape index (κ3) is 20.3. The number of ether oxygens (including phenoxy) is 2. The Bertz CT molecular complexity index is 881. The number of hydrogen-bond donors (Lipinski definition) is 3. The van der Waals surface area contributed by atoms with Crippen LogP contribution in [-0.2, 0) is 25.1 Å². The summed E-state index contributed by atoms with van der Waals surface area (Å²) in [6.07, 6.45) is 22.9. The van der Waals surface area contributed by atoms with Gasteiger partial charge in [0, 0.05) is 19.4 Å². The fourth-order valence-corrected chi connectivity index (χ4v) is 5.01. The molecule has 0 saturated heterocycles. The summed E-state index contributed by atoms with van der Waals surface area (Å²) in [6, 6.07) is 1.44. The molecular weight excluding hydrogens is 533 g/mol. The zero-order chi connectivity index (χ0) is 29.3. The minimum atomic E-state index is -4.00. The second-order valence-corrected chi connectivity index (χ2v) is 12.1. The molecule has 1 unspecified atom stereocenters. The molecule has 0 bridgehead atoms. The lowest BCUT2D eigenvalue weighted by molar-refractivity contribution is 0.0162. The minimum absolute atomic E-state index is 0.0346. The summed E-state index contributed by atoms with van der Waals surface area (Å²) in [5.41, 5.74) is 4.86. The van der Waals surface area contributed by atoms with Crippen LogP contribution in [0.3, 0.4) is 0 Å². The lowest BCUT2D eigenvalue weighted by atomic mass is 10.1. The van der Waals surface area contributed by atoms with Crippen molar-refractivity contribution in [2.45, 2.75) is 116 Å². The van der Waals surface area contributed by atoms with Gasteiger partial charge in [0.15, 0.2) is 0 Å². The largest absolute Gasteiger partial charge is 0.394 e. The highest BCUT2D eigenvalue weighted by atomic mass is 31.2. The predicted octanol–water partition coefficient (Wildman–Crippen LogP) is 5.81. The van der Waals surface area contributed by atoms with Gasteiger partial charge in [0.25, 0.3) is 0 Å². The van der Waals surface area contributed by atoms with Crippen LogP contribution in [0.15, 0.2) is 29.2 Å². The number of nitrogens with zero attached hydrogens (tertiary/aromatic N) is 2. The van der Waals surface area contributed by atoms with Crippen LogP contribution >= 0.6 is 7.60 Å². The van der Waals surface area contributed by atoms with E-state index in [0.29, 0.717) is 19.6 Å². The maximum Gasteiger partial charge on any atom is 0.353 e. The van der Waals surface area contributed by atoms with Gasteiger partial charge in [-0.2, -0.15) is 4.98 Å². The molecule has 2 atom stereocenters. The number of nitrogen functional groups attached to an aromatic ring is 1.